The summed E-state index contributed by atoms with van der Waals surface area (Å²) in [5.41, 5.74) is 1.85. The Morgan fingerprint density at radius 1 is 1.21 bits per heavy atom. The molecule has 0 spiro atoms. The zero-order chi connectivity index (χ0) is 13.8. The van der Waals surface area contributed by atoms with Crippen LogP contribution < -0.4 is 5.32 Å². The van der Waals surface area contributed by atoms with E-state index in [1.807, 2.05) is 12.1 Å². The maximum atomic E-state index is 13.1. The van der Waals surface area contributed by atoms with Gasteiger partial charge in [-0.25, -0.2) is 4.39 Å². The standard InChI is InChI=1S/C14H10BrClFNO/c15-13-6-3-10(17)7-12(13)14(19)18-11-4-1-9(8-16)2-5-11/h1-7H,8H2,(H,18,19). The maximum absolute atomic E-state index is 13.1. The summed E-state index contributed by atoms with van der Waals surface area (Å²) in [6, 6.07) is 11.1. The number of anilines is 1. The highest BCUT2D eigenvalue weighted by molar-refractivity contribution is 9.10. The Morgan fingerprint density at radius 2 is 1.89 bits per heavy atom. The van der Waals surface area contributed by atoms with Gasteiger partial charge in [0.1, 0.15) is 5.82 Å². The van der Waals surface area contributed by atoms with Gasteiger partial charge in [0, 0.05) is 16.0 Å². The summed E-state index contributed by atoms with van der Waals surface area (Å²) in [5, 5.41) is 2.70. The first-order valence-electron chi connectivity index (χ1n) is 5.51. The third-order valence-corrected chi connectivity index (χ3v) is 3.54. The fraction of sp³-hybridized carbons (Fsp3) is 0.0714. The van der Waals surface area contributed by atoms with Crippen molar-refractivity contribution in [1.29, 1.82) is 0 Å². The van der Waals surface area contributed by atoms with Gasteiger partial charge in [-0.15, -0.1) is 11.6 Å². The molecule has 5 heteroatoms. The molecule has 0 bridgehead atoms. The third-order valence-electron chi connectivity index (χ3n) is 2.54. The zero-order valence-electron chi connectivity index (χ0n) is 9.79. The molecule has 98 valence electrons. The van der Waals surface area contributed by atoms with Gasteiger partial charge in [0.2, 0.25) is 0 Å². The quantitative estimate of drug-likeness (QED) is 0.813. The van der Waals surface area contributed by atoms with Gasteiger partial charge in [-0.2, -0.15) is 0 Å². The molecule has 0 aromatic heterocycles. The van der Waals surface area contributed by atoms with Crippen molar-refractivity contribution >= 4 is 39.1 Å². The predicted molar refractivity (Wildman–Crippen MR) is 78.1 cm³/mol. The Hall–Kier alpha value is -1.39. The molecular formula is C14H10BrClFNO. The van der Waals surface area contributed by atoms with Crippen molar-refractivity contribution in [1.82, 2.24) is 0 Å². The molecular weight excluding hydrogens is 333 g/mol. The zero-order valence-corrected chi connectivity index (χ0v) is 12.1. The maximum Gasteiger partial charge on any atom is 0.256 e. The molecule has 2 aromatic carbocycles. The number of benzene rings is 2. The molecule has 0 atom stereocenters. The Kier molecular flexibility index (Phi) is 4.56. The number of hydrogen-bond acceptors (Lipinski definition) is 1. The lowest BCUT2D eigenvalue weighted by molar-refractivity contribution is 0.102. The summed E-state index contributed by atoms with van der Waals surface area (Å²) in [5.74, 6) is -0.403. The second kappa shape index (κ2) is 6.17. The number of carbonyl (C=O) groups is 1. The van der Waals surface area contributed by atoms with Crippen LogP contribution >= 0.6 is 27.5 Å². The van der Waals surface area contributed by atoms with Crippen molar-refractivity contribution in [2.75, 3.05) is 5.32 Å². The lowest BCUT2D eigenvalue weighted by Crippen LogP contribution is -2.12. The Labute approximate surface area is 123 Å². The van der Waals surface area contributed by atoms with E-state index in [4.69, 9.17) is 11.6 Å². The van der Waals surface area contributed by atoms with E-state index < -0.39 is 5.82 Å². The summed E-state index contributed by atoms with van der Waals surface area (Å²) in [4.78, 5) is 12.0. The van der Waals surface area contributed by atoms with E-state index in [0.29, 0.717) is 16.0 Å². The fourth-order valence-electron chi connectivity index (χ4n) is 1.55. The Bertz CT molecular complexity index is 601. The van der Waals surface area contributed by atoms with Gasteiger partial charge >= 0.3 is 0 Å². The lowest BCUT2D eigenvalue weighted by atomic mass is 10.2. The highest BCUT2D eigenvalue weighted by Crippen LogP contribution is 2.20. The second-order valence-corrected chi connectivity index (χ2v) is 5.03. The molecule has 0 aliphatic carbocycles. The molecule has 0 saturated carbocycles. The van der Waals surface area contributed by atoms with Gasteiger partial charge in [0.05, 0.1) is 5.56 Å². The van der Waals surface area contributed by atoms with Crippen molar-refractivity contribution in [3.05, 3.63) is 63.9 Å². The molecule has 19 heavy (non-hydrogen) atoms. The van der Waals surface area contributed by atoms with Crippen molar-refractivity contribution in [3.8, 4) is 0 Å². The first-order valence-corrected chi connectivity index (χ1v) is 6.84. The van der Waals surface area contributed by atoms with Gasteiger partial charge in [-0.3, -0.25) is 4.79 Å². The van der Waals surface area contributed by atoms with Crippen LogP contribution in [0.3, 0.4) is 0 Å². The number of rotatable bonds is 3. The molecule has 2 rings (SSSR count). The van der Waals surface area contributed by atoms with Crippen LogP contribution in [0.1, 0.15) is 15.9 Å². The minimum absolute atomic E-state index is 0.251. The van der Waals surface area contributed by atoms with Crippen molar-refractivity contribution in [2.45, 2.75) is 5.88 Å². The van der Waals surface area contributed by atoms with Crippen LogP contribution in [0.2, 0.25) is 0 Å². The van der Waals surface area contributed by atoms with Gasteiger partial charge in [-0.05, 0) is 51.8 Å². The Balaban J connectivity index is 2.18. The summed E-state index contributed by atoms with van der Waals surface area (Å²) in [7, 11) is 0. The fourth-order valence-corrected chi connectivity index (χ4v) is 2.15. The van der Waals surface area contributed by atoms with Gasteiger partial charge in [0.15, 0.2) is 0 Å². The molecule has 0 unspecified atom stereocenters. The van der Waals surface area contributed by atoms with Gasteiger partial charge in [-0.1, -0.05) is 12.1 Å². The SMILES string of the molecule is O=C(Nc1ccc(CCl)cc1)c1cc(F)ccc1Br. The molecule has 0 saturated heterocycles. The highest BCUT2D eigenvalue weighted by Gasteiger charge is 2.11. The number of carbonyl (C=O) groups excluding carboxylic acids is 1. The topological polar surface area (TPSA) is 29.1 Å². The number of alkyl halides is 1. The van der Waals surface area contributed by atoms with Crippen LogP contribution in [0.15, 0.2) is 46.9 Å². The highest BCUT2D eigenvalue weighted by atomic mass is 79.9. The predicted octanol–water partition coefficient (Wildman–Crippen LogP) is 4.58. The van der Waals surface area contributed by atoms with E-state index >= 15 is 0 Å². The van der Waals surface area contributed by atoms with Crippen LogP contribution in [0.25, 0.3) is 0 Å². The van der Waals surface area contributed by atoms with Crippen molar-refractivity contribution < 1.29 is 9.18 Å². The molecule has 1 amide bonds. The van der Waals surface area contributed by atoms with Crippen LogP contribution in [0, 0.1) is 5.82 Å². The third kappa shape index (κ3) is 3.55. The number of nitrogens with one attached hydrogen (secondary N) is 1. The normalized spacial score (nSPS) is 10.3. The Morgan fingerprint density at radius 3 is 2.53 bits per heavy atom. The first kappa shape index (κ1) is 14.0. The smallest absolute Gasteiger partial charge is 0.256 e. The number of halogens is 3. The van der Waals surface area contributed by atoms with Crippen molar-refractivity contribution in [2.24, 2.45) is 0 Å². The minimum atomic E-state index is -0.453. The average Bonchev–Trinajstić information content (AvgIpc) is 2.42. The second-order valence-electron chi connectivity index (χ2n) is 3.91. The summed E-state index contributed by atoms with van der Waals surface area (Å²) in [6.45, 7) is 0. The van der Waals surface area contributed by atoms with Crippen LogP contribution in [-0.4, -0.2) is 5.91 Å². The minimum Gasteiger partial charge on any atom is -0.322 e. The number of hydrogen-bond donors (Lipinski definition) is 1. The van der Waals surface area contributed by atoms with Crippen LogP contribution in [0.4, 0.5) is 10.1 Å². The van der Waals surface area contributed by atoms with Crippen molar-refractivity contribution in [3.63, 3.8) is 0 Å². The van der Waals surface area contributed by atoms with E-state index in [9.17, 15) is 9.18 Å². The molecule has 0 aliphatic heterocycles. The summed E-state index contributed by atoms with van der Waals surface area (Å²) < 4.78 is 13.7. The molecule has 2 aromatic rings. The lowest BCUT2D eigenvalue weighted by Gasteiger charge is -2.07. The summed E-state index contributed by atoms with van der Waals surface area (Å²) in [6.07, 6.45) is 0. The van der Waals surface area contributed by atoms with E-state index in [2.05, 4.69) is 21.2 Å². The molecule has 2 nitrogen and oxygen atoms in total. The molecule has 0 fully saturated rings. The number of amides is 1. The molecule has 0 heterocycles. The van der Waals surface area contributed by atoms with E-state index in [1.165, 1.54) is 18.2 Å². The first-order chi connectivity index (χ1) is 9.10. The van der Waals surface area contributed by atoms with E-state index in [1.54, 1.807) is 12.1 Å². The monoisotopic (exact) mass is 341 g/mol. The molecule has 0 aliphatic rings. The van der Waals surface area contributed by atoms with Crippen LogP contribution in [-0.2, 0) is 5.88 Å². The largest absolute Gasteiger partial charge is 0.322 e. The van der Waals surface area contributed by atoms with Gasteiger partial charge < -0.3 is 5.32 Å². The average molecular weight is 343 g/mol. The molecule has 0 radical (unpaired) electrons. The molecule has 1 N–H and O–H groups in total. The van der Waals surface area contributed by atoms with E-state index in [0.717, 1.165) is 5.56 Å². The summed E-state index contributed by atoms with van der Waals surface area (Å²) >= 11 is 8.91. The van der Waals surface area contributed by atoms with Crippen LogP contribution in [0.5, 0.6) is 0 Å². The van der Waals surface area contributed by atoms with Gasteiger partial charge in [0.25, 0.3) is 5.91 Å². The van der Waals surface area contributed by atoms with E-state index in [-0.39, 0.29) is 11.5 Å².